The van der Waals surface area contributed by atoms with Crippen molar-refractivity contribution in [2.45, 2.75) is 65.3 Å². The molecule has 0 unspecified atom stereocenters. The predicted octanol–water partition coefficient (Wildman–Crippen LogP) is 4.87. The van der Waals surface area contributed by atoms with Crippen LogP contribution in [0.5, 0.6) is 0 Å². The second kappa shape index (κ2) is 8.60. The molecule has 0 spiro atoms. The van der Waals surface area contributed by atoms with Crippen LogP contribution in [0.25, 0.3) is 0 Å². The highest BCUT2D eigenvalue weighted by Gasteiger charge is 2.30. The lowest BCUT2D eigenvalue weighted by Crippen LogP contribution is -2.55. The molecule has 1 saturated heterocycles. The molecular weight excluding hydrogens is 344 g/mol. The molecule has 0 aliphatic carbocycles. The summed E-state index contributed by atoms with van der Waals surface area (Å²) >= 11 is 0. The molecule has 28 heavy (non-hydrogen) atoms. The zero-order valence-electron chi connectivity index (χ0n) is 18.4. The van der Waals surface area contributed by atoms with Gasteiger partial charge in [0.15, 0.2) is 0 Å². The first-order valence-electron chi connectivity index (χ1n) is 10.7. The molecule has 3 rings (SSSR count). The van der Waals surface area contributed by atoms with Crippen molar-refractivity contribution in [3.05, 3.63) is 53.5 Å². The Labute approximate surface area is 171 Å². The molecule has 0 N–H and O–H groups in total. The fraction of sp³-hybridized carbons (Fsp3) is 0.583. The Morgan fingerprint density at radius 3 is 2.07 bits per heavy atom. The van der Waals surface area contributed by atoms with Gasteiger partial charge in [-0.2, -0.15) is 0 Å². The zero-order chi connectivity index (χ0) is 20.3. The Hall–Kier alpha value is -1.94. The topological polar surface area (TPSA) is 32.3 Å². The number of piperazine rings is 1. The van der Waals surface area contributed by atoms with Gasteiger partial charge in [0.25, 0.3) is 0 Å². The summed E-state index contributed by atoms with van der Waals surface area (Å²) in [5.41, 5.74) is 3.93. The maximum Gasteiger partial charge on any atom is 0.128 e. The van der Waals surface area contributed by atoms with Crippen LogP contribution in [0.2, 0.25) is 0 Å². The fourth-order valence-electron chi connectivity index (χ4n) is 3.96. The Morgan fingerprint density at radius 2 is 1.57 bits per heavy atom. The summed E-state index contributed by atoms with van der Waals surface area (Å²) in [5, 5.41) is 0. The van der Waals surface area contributed by atoms with E-state index in [1.165, 1.54) is 16.8 Å². The molecule has 152 valence electrons. The van der Waals surface area contributed by atoms with Crippen LogP contribution < -0.4 is 4.90 Å². The average Bonchev–Trinajstić information content (AvgIpc) is 2.68. The van der Waals surface area contributed by atoms with Gasteiger partial charge >= 0.3 is 0 Å². The molecule has 3 heterocycles. The highest BCUT2D eigenvalue weighted by Crippen LogP contribution is 2.25. The zero-order valence-corrected chi connectivity index (χ0v) is 18.4. The number of anilines is 1. The first-order chi connectivity index (χ1) is 13.3. The summed E-state index contributed by atoms with van der Waals surface area (Å²) in [4.78, 5) is 14.4. The van der Waals surface area contributed by atoms with Crippen LogP contribution in [-0.4, -0.2) is 46.6 Å². The molecule has 1 aliphatic rings. The molecule has 0 amide bonds. The van der Waals surface area contributed by atoms with E-state index in [9.17, 15) is 0 Å². The third-order valence-corrected chi connectivity index (χ3v) is 5.97. The standard InChI is InChI=1S/C24H36N4/c1-18(2)21-8-10-23(26-17-21)27-11-13-28(14-12-27)24(5,6)15-20-7-9-22(19(3)4)25-16-20/h7-10,16-19H,11-15H2,1-6H3. The number of nitrogens with zero attached hydrogens (tertiary/aromatic N) is 4. The Bertz CT molecular complexity index is 739. The lowest BCUT2D eigenvalue weighted by atomic mass is 9.92. The van der Waals surface area contributed by atoms with Gasteiger partial charge < -0.3 is 4.90 Å². The summed E-state index contributed by atoms with van der Waals surface area (Å²) in [6.07, 6.45) is 5.12. The van der Waals surface area contributed by atoms with Crippen LogP contribution in [0.15, 0.2) is 36.7 Å². The third-order valence-electron chi connectivity index (χ3n) is 5.97. The van der Waals surface area contributed by atoms with Gasteiger partial charge in [-0.25, -0.2) is 4.98 Å². The minimum Gasteiger partial charge on any atom is -0.354 e. The van der Waals surface area contributed by atoms with Gasteiger partial charge in [-0.05, 0) is 55.4 Å². The molecule has 2 aromatic heterocycles. The van der Waals surface area contributed by atoms with Crippen LogP contribution >= 0.6 is 0 Å². The Kier molecular flexibility index (Phi) is 6.39. The van der Waals surface area contributed by atoms with Crippen molar-refractivity contribution < 1.29 is 0 Å². The summed E-state index contributed by atoms with van der Waals surface area (Å²) < 4.78 is 0. The van der Waals surface area contributed by atoms with Crippen molar-refractivity contribution in [3.63, 3.8) is 0 Å². The number of pyridine rings is 2. The average molecular weight is 381 g/mol. The molecule has 0 radical (unpaired) electrons. The van der Waals surface area contributed by atoms with Gasteiger partial charge in [-0.1, -0.05) is 39.8 Å². The molecule has 0 atom stereocenters. The maximum absolute atomic E-state index is 4.70. The Balaban J connectivity index is 1.58. The van der Waals surface area contributed by atoms with E-state index >= 15 is 0 Å². The lowest BCUT2D eigenvalue weighted by Gasteiger charge is -2.44. The second-order valence-corrected chi connectivity index (χ2v) is 9.31. The summed E-state index contributed by atoms with van der Waals surface area (Å²) in [6.45, 7) is 17.7. The van der Waals surface area contributed by atoms with E-state index in [0.717, 1.165) is 38.4 Å². The lowest BCUT2D eigenvalue weighted by molar-refractivity contribution is 0.112. The molecular formula is C24H36N4. The van der Waals surface area contributed by atoms with Crippen molar-refractivity contribution in [1.82, 2.24) is 14.9 Å². The van der Waals surface area contributed by atoms with E-state index in [1.54, 1.807) is 0 Å². The van der Waals surface area contributed by atoms with E-state index in [1.807, 2.05) is 6.20 Å². The normalized spacial score (nSPS) is 16.2. The molecule has 1 fully saturated rings. The van der Waals surface area contributed by atoms with Crippen LogP contribution in [0.1, 0.15) is 70.2 Å². The van der Waals surface area contributed by atoms with Crippen LogP contribution in [0, 0.1) is 0 Å². The molecule has 0 saturated carbocycles. The van der Waals surface area contributed by atoms with Gasteiger partial charge in [0, 0.05) is 49.8 Å². The van der Waals surface area contributed by atoms with Crippen molar-refractivity contribution in [1.29, 1.82) is 0 Å². The predicted molar refractivity (Wildman–Crippen MR) is 118 cm³/mol. The van der Waals surface area contributed by atoms with Crippen molar-refractivity contribution in [3.8, 4) is 0 Å². The van der Waals surface area contributed by atoms with Gasteiger partial charge in [0.05, 0.1) is 0 Å². The van der Waals surface area contributed by atoms with Crippen molar-refractivity contribution in [2.24, 2.45) is 0 Å². The van der Waals surface area contributed by atoms with Crippen molar-refractivity contribution >= 4 is 5.82 Å². The smallest absolute Gasteiger partial charge is 0.128 e. The van der Waals surface area contributed by atoms with E-state index in [2.05, 4.69) is 86.8 Å². The van der Waals surface area contributed by atoms with Crippen LogP contribution in [0.4, 0.5) is 5.82 Å². The highest BCUT2D eigenvalue weighted by molar-refractivity contribution is 5.40. The number of aromatic nitrogens is 2. The van der Waals surface area contributed by atoms with Gasteiger partial charge in [-0.15, -0.1) is 0 Å². The minimum absolute atomic E-state index is 0.127. The van der Waals surface area contributed by atoms with E-state index < -0.39 is 0 Å². The van der Waals surface area contributed by atoms with Gasteiger partial charge in [0.2, 0.25) is 0 Å². The van der Waals surface area contributed by atoms with Crippen LogP contribution in [-0.2, 0) is 6.42 Å². The molecule has 0 aromatic carbocycles. The summed E-state index contributed by atoms with van der Waals surface area (Å²) in [5.74, 6) is 2.12. The van der Waals surface area contributed by atoms with Gasteiger partial charge in [0.1, 0.15) is 5.82 Å². The first kappa shape index (κ1) is 20.8. The Morgan fingerprint density at radius 1 is 0.857 bits per heavy atom. The largest absolute Gasteiger partial charge is 0.354 e. The SMILES string of the molecule is CC(C)c1ccc(N2CCN(C(C)(C)Cc3ccc(C(C)C)nc3)CC2)nc1. The van der Waals surface area contributed by atoms with Crippen LogP contribution in [0.3, 0.4) is 0 Å². The maximum atomic E-state index is 4.70. The second-order valence-electron chi connectivity index (χ2n) is 9.31. The molecule has 2 aromatic rings. The van der Waals surface area contributed by atoms with E-state index in [0.29, 0.717) is 11.8 Å². The van der Waals surface area contributed by atoms with Gasteiger partial charge in [-0.3, -0.25) is 9.88 Å². The summed E-state index contributed by atoms with van der Waals surface area (Å²) in [6, 6.07) is 8.83. The molecule has 0 bridgehead atoms. The fourth-order valence-corrected chi connectivity index (χ4v) is 3.96. The van der Waals surface area contributed by atoms with Crippen molar-refractivity contribution in [2.75, 3.05) is 31.1 Å². The minimum atomic E-state index is 0.127. The number of hydrogen-bond donors (Lipinski definition) is 0. The quantitative estimate of drug-likeness (QED) is 0.716. The van der Waals surface area contributed by atoms with E-state index in [-0.39, 0.29) is 5.54 Å². The third kappa shape index (κ3) is 4.91. The molecule has 4 nitrogen and oxygen atoms in total. The number of rotatable bonds is 6. The molecule has 1 aliphatic heterocycles. The number of hydrogen-bond acceptors (Lipinski definition) is 4. The van der Waals surface area contributed by atoms with E-state index in [4.69, 9.17) is 4.98 Å². The highest BCUT2D eigenvalue weighted by atomic mass is 15.3. The monoisotopic (exact) mass is 380 g/mol. The first-order valence-corrected chi connectivity index (χ1v) is 10.7. The molecule has 4 heteroatoms. The summed E-state index contributed by atoms with van der Waals surface area (Å²) in [7, 11) is 0.